The van der Waals surface area contributed by atoms with Crippen LogP contribution >= 0.6 is 0 Å². The lowest BCUT2D eigenvalue weighted by Crippen LogP contribution is -2.24. The molecular weight excluding hydrogens is 148 g/mol. The van der Waals surface area contributed by atoms with E-state index in [1.54, 1.807) is 0 Å². The van der Waals surface area contributed by atoms with Gasteiger partial charge in [0.1, 0.15) is 0 Å². The Hall–Kier alpha value is -0.590. The number of hydrogen-bond donors (Lipinski definition) is 0. The summed E-state index contributed by atoms with van der Waals surface area (Å²) in [6.07, 6.45) is 11.3. The molecule has 66 valence electrons. The quantitative estimate of drug-likeness (QED) is 0.538. The molecule has 0 heterocycles. The standard InChI is InChI=1S/C11H16O/c12-11-8-4-2-6-9-5-1-3-7-10(9)11/h4,8-10H,1-3,5-7H2/t9-,10-/m0/s1. The first-order valence-electron chi connectivity index (χ1n) is 5.08. The van der Waals surface area contributed by atoms with Gasteiger partial charge in [0.25, 0.3) is 0 Å². The Balaban J connectivity index is 2.12. The van der Waals surface area contributed by atoms with Crippen LogP contribution in [0.5, 0.6) is 0 Å². The van der Waals surface area contributed by atoms with Crippen LogP contribution in [0.15, 0.2) is 12.2 Å². The highest BCUT2D eigenvalue weighted by atomic mass is 16.1. The van der Waals surface area contributed by atoms with Crippen molar-refractivity contribution in [3.05, 3.63) is 12.2 Å². The summed E-state index contributed by atoms with van der Waals surface area (Å²) in [7, 11) is 0. The van der Waals surface area contributed by atoms with Gasteiger partial charge in [0.15, 0.2) is 5.78 Å². The Labute approximate surface area is 73.8 Å². The molecule has 2 rings (SSSR count). The number of hydrogen-bond acceptors (Lipinski definition) is 1. The van der Waals surface area contributed by atoms with E-state index in [2.05, 4.69) is 6.08 Å². The lowest BCUT2D eigenvalue weighted by atomic mass is 9.76. The van der Waals surface area contributed by atoms with Crippen molar-refractivity contribution < 1.29 is 4.79 Å². The largest absolute Gasteiger partial charge is 0.295 e. The number of rotatable bonds is 0. The average molecular weight is 164 g/mol. The van der Waals surface area contributed by atoms with E-state index in [0.29, 0.717) is 17.6 Å². The zero-order valence-electron chi connectivity index (χ0n) is 7.46. The SMILES string of the molecule is O=C1C=CCC[C@@H]2CCCC[C@H]12. The molecule has 0 N–H and O–H groups in total. The maximum atomic E-state index is 11.6. The van der Waals surface area contributed by atoms with Crippen LogP contribution < -0.4 is 0 Å². The van der Waals surface area contributed by atoms with Crippen molar-refractivity contribution >= 4 is 5.78 Å². The third-order valence-electron chi connectivity index (χ3n) is 3.26. The summed E-state index contributed by atoms with van der Waals surface area (Å²) >= 11 is 0. The summed E-state index contributed by atoms with van der Waals surface area (Å²) in [5, 5.41) is 0. The lowest BCUT2D eigenvalue weighted by Gasteiger charge is -2.28. The molecule has 0 aromatic heterocycles. The predicted octanol–water partition coefficient (Wildman–Crippen LogP) is 2.71. The maximum absolute atomic E-state index is 11.6. The summed E-state index contributed by atoms with van der Waals surface area (Å²) in [6.45, 7) is 0. The summed E-state index contributed by atoms with van der Waals surface area (Å²) in [6, 6.07) is 0. The Morgan fingerprint density at radius 1 is 1.17 bits per heavy atom. The highest BCUT2D eigenvalue weighted by Gasteiger charge is 2.29. The Morgan fingerprint density at radius 2 is 2.00 bits per heavy atom. The molecule has 0 saturated heterocycles. The predicted molar refractivity (Wildman–Crippen MR) is 48.8 cm³/mol. The first-order valence-corrected chi connectivity index (χ1v) is 5.08. The molecule has 0 radical (unpaired) electrons. The molecule has 0 spiro atoms. The van der Waals surface area contributed by atoms with Gasteiger partial charge in [-0.15, -0.1) is 0 Å². The van der Waals surface area contributed by atoms with Gasteiger partial charge in [-0.1, -0.05) is 18.9 Å². The van der Waals surface area contributed by atoms with Gasteiger partial charge < -0.3 is 0 Å². The van der Waals surface area contributed by atoms with Gasteiger partial charge in [-0.25, -0.2) is 0 Å². The molecule has 2 aliphatic rings. The van der Waals surface area contributed by atoms with Crippen LogP contribution in [0.2, 0.25) is 0 Å². The van der Waals surface area contributed by atoms with E-state index in [1.807, 2.05) is 6.08 Å². The molecular formula is C11H16O. The molecule has 0 amide bonds. The Kier molecular flexibility index (Phi) is 2.29. The van der Waals surface area contributed by atoms with E-state index < -0.39 is 0 Å². The summed E-state index contributed by atoms with van der Waals surface area (Å²) in [5.74, 6) is 1.50. The van der Waals surface area contributed by atoms with E-state index in [0.717, 1.165) is 12.8 Å². The van der Waals surface area contributed by atoms with Gasteiger partial charge in [-0.2, -0.15) is 0 Å². The molecule has 0 aromatic rings. The number of ketones is 1. The average Bonchev–Trinajstić information content (AvgIpc) is 2.29. The van der Waals surface area contributed by atoms with Gasteiger partial charge >= 0.3 is 0 Å². The second-order valence-electron chi connectivity index (χ2n) is 4.03. The highest BCUT2D eigenvalue weighted by molar-refractivity contribution is 5.92. The van der Waals surface area contributed by atoms with E-state index in [4.69, 9.17) is 0 Å². The molecule has 2 aliphatic carbocycles. The topological polar surface area (TPSA) is 17.1 Å². The van der Waals surface area contributed by atoms with E-state index in [-0.39, 0.29) is 0 Å². The normalized spacial score (nSPS) is 35.8. The van der Waals surface area contributed by atoms with Gasteiger partial charge in [-0.05, 0) is 37.7 Å². The van der Waals surface area contributed by atoms with Crippen LogP contribution in [0.25, 0.3) is 0 Å². The molecule has 1 saturated carbocycles. The van der Waals surface area contributed by atoms with Crippen LogP contribution in [0.1, 0.15) is 38.5 Å². The van der Waals surface area contributed by atoms with Crippen molar-refractivity contribution in [2.75, 3.05) is 0 Å². The number of carbonyl (C=O) groups is 1. The van der Waals surface area contributed by atoms with E-state index >= 15 is 0 Å². The van der Waals surface area contributed by atoms with Crippen LogP contribution in [0.4, 0.5) is 0 Å². The number of carbonyl (C=O) groups excluding carboxylic acids is 1. The summed E-state index contributed by atoms with van der Waals surface area (Å²) in [5.41, 5.74) is 0. The smallest absolute Gasteiger partial charge is 0.158 e. The van der Waals surface area contributed by atoms with Crippen molar-refractivity contribution in [1.29, 1.82) is 0 Å². The molecule has 0 unspecified atom stereocenters. The van der Waals surface area contributed by atoms with Gasteiger partial charge in [0, 0.05) is 5.92 Å². The zero-order valence-corrected chi connectivity index (χ0v) is 7.46. The van der Waals surface area contributed by atoms with Crippen LogP contribution in [-0.2, 0) is 4.79 Å². The molecule has 2 atom stereocenters. The van der Waals surface area contributed by atoms with Crippen molar-refractivity contribution in [3.63, 3.8) is 0 Å². The van der Waals surface area contributed by atoms with Crippen LogP contribution in [0.3, 0.4) is 0 Å². The monoisotopic (exact) mass is 164 g/mol. The molecule has 0 aliphatic heterocycles. The molecule has 1 fully saturated rings. The fourth-order valence-corrected chi connectivity index (χ4v) is 2.56. The van der Waals surface area contributed by atoms with Crippen LogP contribution in [-0.4, -0.2) is 5.78 Å². The first kappa shape index (κ1) is 8.03. The third kappa shape index (κ3) is 1.45. The fourth-order valence-electron chi connectivity index (χ4n) is 2.56. The zero-order chi connectivity index (χ0) is 8.39. The van der Waals surface area contributed by atoms with Gasteiger partial charge in [0.05, 0.1) is 0 Å². The minimum absolute atomic E-state index is 0.387. The second-order valence-corrected chi connectivity index (χ2v) is 4.03. The Morgan fingerprint density at radius 3 is 2.92 bits per heavy atom. The fraction of sp³-hybridized carbons (Fsp3) is 0.727. The lowest BCUT2D eigenvalue weighted by molar-refractivity contribution is -0.120. The molecule has 12 heavy (non-hydrogen) atoms. The van der Waals surface area contributed by atoms with Crippen molar-refractivity contribution in [2.24, 2.45) is 11.8 Å². The number of allylic oxidation sites excluding steroid dienone is 2. The van der Waals surface area contributed by atoms with Crippen molar-refractivity contribution in [3.8, 4) is 0 Å². The van der Waals surface area contributed by atoms with Crippen LogP contribution in [0, 0.1) is 11.8 Å². The Bertz CT molecular complexity index is 205. The van der Waals surface area contributed by atoms with Gasteiger partial charge in [0.2, 0.25) is 0 Å². The molecule has 1 nitrogen and oxygen atoms in total. The second kappa shape index (κ2) is 3.42. The summed E-state index contributed by atoms with van der Waals surface area (Å²) in [4.78, 5) is 11.6. The molecule has 0 aromatic carbocycles. The molecule has 1 heteroatoms. The summed E-state index contributed by atoms with van der Waals surface area (Å²) < 4.78 is 0. The molecule has 0 bridgehead atoms. The maximum Gasteiger partial charge on any atom is 0.158 e. The number of fused-ring (bicyclic) bond motifs is 1. The first-order chi connectivity index (χ1) is 5.88. The minimum Gasteiger partial charge on any atom is -0.295 e. The highest BCUT2D eigenvalue weighted by Crippen LogP contribution is 2.35. The van der Waals surface area contributed by atoms with E-state index in [9.17, 15) is 4.79 Å². The van der Waals surface area contributed by atoms with Crippen molar-refractivity contribution in [1.82, 2.24) is 0 Å². The van der Waals surface area contributed by atoms with Crippen molar-refractivity contribution in [2.45, 2.75) is 38.5 Å². The third-order valence-corrected chi connectivity index (χ3v) is 3.26. The minimum atomic E-state index is 0.387. The van der Waals surface area contributed by atoms with E-state index in [1.165, 1.54) is 25.7 Å². The van der Waals surface area contributed by atoms with Gasteiger partial charge in [-0.3, -0.25) is 4.79 Å².